The van der Waals surface area contributed by atoms with E-state index in [2.05, 4.69) is 12.3 Å². The summed E-state index contributed by atoms with van der Waals surface area (Å²) in [6.45, 7) is 2.07. The molecule has 0 saturated heterocycles. The lowest BCUT2D eigenvalue weighted by Crippen LogP contribution is -2.39. The lowest BCUT2D eigenvalue weighted by atomic mass is 9.81. The smallest absolute Gasteiger partial charge is 0.0954 e. The number of thiazole rings is 1. The molecule has 1 aromatic heterocycles. The molecule has 4 heteroatoms. The van der Waals surface area contributed by atoms with Gasteiger partial charge in [0.15, 0.2) is 0 Å². The van der Waals surface area contributed by atoms with Crippen molar-refractivity contribution in [2.45, 2.75) is 57.1 Å². The molecule has 1 aromatic rings. The number of methoxy groups -OCH3 is 1. The van der Waals surface area contributed by atoms with E-state index in [-0.39, 0.29) is 11.6 Å². The van der Waals surface area contributed by atoms with Crippen LogP contribution in [0, 0.1) is 0 Å². The predicted octanol–water partition coefficient (Wildman–Crippen LogP) is 2.84. The number of rotatable bonds is 4. The van der Waals surface area contributed by atoms with Gasteiger partial charge < -0.3 is 10.5 Å². The molecule has 1 unspecified atom stereocenters. The maximum Gasteiger partial charge on any atom is 0.0954 e. The van der Waals surface area contributed by atoms with Crippen LogP contribution in [0.5, 0.6) is 0 Å². The number of nitrogens with zero attached hydrogens (tertiary/aromatic N) is 1. The number of hydrogen-bond donors (Lipinski definition) is 1. The van der Waals surface area contributed by atoms with Crippen LogP contribution in [-0.2, 0) is 16.7 Å². The van der Waals surface area contributed by atoms with Crippen molar-refractivity contribution in [1.82, 2.24) is 4.98 Å². The summed E-state index contributed by atoms with van der Waals surface area (Å²) in [7, 11) is 1.74. The Balaban J connectivity index is 2.06. The fourth-order valence-corrected chi connectivity index (χ4v) is 3.42. The van der Waals surface area contributed by atoms with E-state index in [1.54, 1.807) is 18.4 Å². The SMILES string of the molecule is COC(C)Cc1nc(C2(N)CCCCC2)cs1. The standard InChI is InChI=1S/C13H22N2OS/c1-10(16-2)8-12-15-11(9-17-12)13(14)6-4-3-5-7-13/h9-10H,3-8,14H2,1-2H3. The molecule has 1 saturated carbocycles. The van der Waals surface area contributed by atoms with E-state index in [1.165, 1.54) is 19.3 Å². The molecule has 0 aromatic carbocycles. The van der Waals surface area contributed by atoms with Crippen molar-refractivity contribution in [2.75, 3.05) is 7.11 Å². The van der Waals surface area contributed by atoms with Gasteiger partial charge in [-0.3, -0.25) is 0 Å². The van der Waals surface area contributed by atoms with Crippen LogP contribution in [0.25, 0.3) is 0 Å². The Labute approximate surface area is 107 Å². The van der Waals surface area contributed by atoms with Crippen molar-refractivity contribution < 1.29 is 4.74 Å². The van der Waals surface area contributed by atoms with Gasteiger partial charge in [0.05, 0.1) is 22.3 Å². The molecule has 2 rings (SSSR count). The molecule has 3 nitrogen and oxygen atoms in total. The zero-order valence-corrected chi connectivity index (χ0v) is 11.6. The molecule has 96 valence electrons. The van der Waals surface area contributed by atoms with Crippen LogP contribution in [0.2, 0.25) is 0 Å². The van der Waals surface area contributed by atoms with Gasteiger partial charge in [-0.15, -0.1) is 11.3 Å². The largest absolute Gasteiger partial charge is 0.381 e. The Morgan fingerprint density at radius 1 is 1.47 bits per heavy atom. The lowest BCUT2D eigenvalue weighted by Gasteiger charge is -2.31. The summed E-state index contributed by atoms with van der Waals surface area (Å²) >= 11 is 1.71. The highest BCUT2D eigenvalue weighted by Crippen LogP contribution is 2.35. The van der Waals surface area contributed by atoms with Crippen LogP contribution in [0.3, 0.4) is 0 Å². The third kappa shape index (κ3) is 3.06. The van der Waals surface area contributed by atoms with E-state index in [0.29, 0.717) is 0 Å². The summed E-state index contributed by atoms with van der Waals surface area (Å²) in [5.74, 6) is 0. The minimum absolute atomic E-state index is 0.163. The Hall–Kier alpha value is -0.450. The first-order valence-corrected chi connectivity index (χ1v) is 7.28. The summed E-state index contributed by atoms with van der Waals surface area (Å²) in [5, 5.41) is 3.29. The first-order valence-electron chi connectivity index (χ1n) is 6.40. The quantitative estimate of drug-likeness (QED) is 0.898. The highest BCUT2D eigenvalue weighted by molar-refractivity contribution is 7.09. The molecule has 0 bridgehead atoms. The fraction of sp³-hybridized carbons (Fsp3) is 0.769. The summed E-state index contributed by atoms with van der Waals surface area (Å²) in [5.41, 5.74) is 7.40. The zero-order valence-electron chi connectivity index (χ0n) is 10.7. The van der Waals surface area contributed by atoms with E-state index >= 15 is 0 Å². The van der Waals surface area contributed by atoms with E-state index < -0.39 is 0 Å². The van der Waals surface area contributed by atoms with Gasteiger partial charge in [-0.25, -0.2) is 4.98 Å². The Morgan fingerprint density at radius 2 is 2.18 bits per heavy atom. The van der Waals surface area contributed by atoms with Gasteiger partial charge in [-0.1, -0.05) is 19.3 Å². The molecule has 2 N–H and O–H groups in total. The van der Waals surface area contributed by atoms with Gasteiger partial charge in [0.2, 0.25) is 0 Å². The number of hydrogen-bond acceptors (Lipinski definition) is 4. The molecule has 1 fully saturated rings. The van der Waals surface area contributed by atoms with Crippen LogP contribution in [0.15, 0.2) is 5.38 Å². The van der Waals surface area contributed by atoms with Gasteiger partial charge >= 0.3 is 0 Å². The molecule has 0 radical (unpaired) electrons. The highest BCUT2D eigenvalue weighted by Gasteiger charge is 2.31. The van der Waals surface area contributed by atoms with Gasteiger partial charge in [0.1, 0.15) is 0 Å². The highest BCUT2D eigenvalue weighted by atomic mass is 32.1. The molecule has 1 atom stereocenters. The minimum Gasteiger partial charge on any atom is -0.381 e. The molecule has 0 aliphatic heterocycles. The first kappa shape index (κ1) is 13.0. The van der Waals surface area contributed by atoms with Crippen molar-refractivity contribution in [3.8, 4) is 0 Å². The summed E-state index contributed by atoms with van der Waals surface area (Å²) in [4.78, 5) is 4.71. The molecule has 0 amide bonds. The molecule has 1 aliphatic carbocycles. The summed E-state index contributed by atoms with van der Waals surface area (Å²) < 4.78 is 5.27. The number of nitrogens with two attached hydrogens (primary N) is 1. The Bertz CT molecular complexity index is 358. The normalized spacial score (nSPS) is 21.4. The average Bonchev–Trinajstić information content (AvgIpc) is 2.79. The van der Waals surface area contributed by atoms with Crippen molar-refractivity contribution in [2.24, 2.45) is 5.73 Å². The first-order chi connectivity index (χ1) is 8.14. The monoisotopic (exact) mass is 254 g/mol. The second-order valence-corrected chi connectivity index (χ2v) is 6.04. The Kier molecular flexibility index (Phi) is 4.17. The van der Waals surface area contributed by atoms with Crippen molar-refractivity contribution in [3.05, 3.63) is 16.1 Å². The van der Waals surface area contributed by atoms with Gasteiger partial charge in [-0.2, -0.15) is 0 Å². The maximum atomic E-state index is 6.47. The average molecular weight is 254 g/mol. The van der Waals surface area contributed by atoms with Crippen molar-refractivity contribution >= 4 is 11.3 Å². The minimum atomic E-state index is -0.163. The van der Waals surface area contributed by atoms with Gasteiger partial charge in [0, 0.05) is 18.9 Å². The van der Waals surface area contributed by atoms with E-state index in [4.69, 9.17) is 15.5 Å². The Morgan fingerprint density at radius 3 is 2.82 bits per heavy atom. The van der Waals surface area contributed by atoms with Crippen molar-refractivity contribution in [1.29, 1.82) is 0 Å². The van der Waals surface area contributed by atoms with Crippen molar-refractivity contribution in [3.63, 3.8) is 0 Å². The molecule has 1 heterocycles. The predicted molar refractivity (Wildman–Crippen MR) is 71.2 cm³/mol. The molecule has 1 aliphatic rings. The van der Waals surface area contributed by atoms with E-state index in [1.807, 2.05) is 0 Å². The van der Waals surface area contributed by atoms with Crippen LogP contribution in [-0.4, -0.2) is 18.2 Å². The number of aromatic nitrogens is 1. The fourth-order valence-electron chi connectivity index (χ4n) is 2.40. The van der Waals surface area contributed by atoms with Gasteiger partial charge in [-0.05, 0) is 19.8 Å². The second kappa shape index (κ2) is 5.46. The lowest BCUT2D eigenvalue weighted by molar-refractivity contribution is 0.118. The third-order valence-electron chi connectivity index (χ3n) is 3.67. The molecule has 0 spiro atoms. The van der Waals surface area contributed by atoms with E-state index in [0.717, 1.165) is 30.0 Å². The molecule has 17 heavy (non-hydrogen) atoms. The van der Waals surface area contributed by atoms with Crippen LogP contribution in [0.1, 0.15) is 49.7 Å². The van der Waals surface area contributed by atoms with Crippen LogP contribution < -0.4 is 5.73 Å². The molecular formula is C13H22N2OS. The van der Waals surface area contributed by atoms with Crippen LogP contribution >= 0.6 is 11.3 Å². The zero-order chi connectivity index (χ0) is 12.3. The second-order valence-electron chi connectivity index (χ2n) is 5.09. The topological polar surface area (TPSA) is 48.1 Å². The van der Waals surface area contributed by atoms with Crippen LogP contribution in [0.4, 0.5) is 0 Å². The molecular weight excluding hydrogens is 232 g/mol. The maximum absolute atomic E-state index is 6.47. The van der Waals surface area contributed by atoms with Gasteiger partial charge in [0.25, 0.3) is 0 Å². The third-order valence-corrected chi connectivity index (χ3v) is 4.54. The van der Waals surface area contributed by atoms with E-state index in [9.17, 15) is 0 Å². The number of ether oxygens (including phenoxy) is 1. The summed E-state index contributed by atoms with van der Waals surface area (Å²) in [6, 6.07) is 0. The summed E-state index contributed by atoms with van der Waals surface area (Å²) in [6.07, 6.45) is 7.06.